The Labute approximate surface area is 494 Å². The summed E-state index contributed by atoms with van der Waals surface area (Å²) >= 11 is 0. The van der Waals surface area contributed by atoms with Gasteiger partial charge in [0.25, 0.3) is 0 Å². The fraction of sp³-hybridized carbons (Fsp3) is 0.949. The Hall–Kier alpha value is -1.75. The average molecular weight is 1220 g/mol. The molecule has 4 saturated carbocycles. The van der Waals surface area contributed by atoms with Crippen molar-refractivity contribution in [2.75, 3.05) is 26.4 Å². The minimum Gasteiger partial charge on any atom is -0.481 e. The molecule has 5 saturated heterocycles. The normalized spacial score (nSPS) is 54.2. The molecule has 9 fully saturated rings. The molecular weight excluding hydrogens is 1120 g/mol. The van der Waals surface area contributed by atoms with Crippen LogP contribution in [0.2, 0.25) is 0 Å². The van der Waals surface area contributed by atoms with E-state index in [9.17, 15) is 81.4 Å². The molecule has 26 nitrogen and oxygen atoms in total. The number of fused-ring (bicyclic) bond motifs is 7. The number of aliphatic hydroxyl groups excluding tert-OH is 14. The minimum absolute atomic E-state index is 0.0132. The van der Waals surface area contributed by atoms with Crippen LogP contribution >= 0.6 is 0 Å². The van der Waals surface area contributed by atoms with Crippen LogP contribution in [0.5, 0.6) is 0 Å². The number of carbonyl (C=O) groups is 1. The van der Waals surface area contributed by atoms with E-state index >= 15 is 0 Å². The van der Waals surface area contributed by atoms with Gasteiger partial charge in [0.05, 0.1) is 44.1 Å². The first kappa shape index (κ1) is 66.2. The fourth-order valence-electron chi connectivity index (χ4n) is 17.6. The molecule has 85 heavy (non-hydrogen) atoms. The van der Waals surface area contributed by atoms with Crippen LogP contribution in [0.25, 0.3) is 0 Å². The summed E-state index contributed by atoms with van der Waals surface area (Å²) in [6.45, 7) is 14.5. The van der Waals surface area contributed by atoms with E-state index in [1.165, 1.54) is 12.5 Å². The second-order valence-corrected chi connectivity index (χ2v) is 28.7. The lowest BCUT2D eigenvalue weighted by Gasteiger charge is -2.71. The van der Waals surface area contributed by atoms with Crippen LogP contribution in [0.1, 0.15) is 120 Å². The largest absolute Gasteiger partial charge is 0.481 e. The number of rotatable bonds is 14. The van der Waals surface area contributed by atoms with Crippen molar-refractivity contribution in [2.24, 2.45) is 50.2 Å². The van der Waals surface area contributed by atoms with E-state index < -0.39 is 197 Å². The third-order valence-corrected chi connectivity index (χ3v) is 23.2. The maximum absolute atomic E-state index is 13.3. The average Bonchev–Trinajstić information content (AvgIpc) is 0.745. The van der Waals surface area contributed by atoms with Gasteiger partial charge in [-0.15, -0.1) is 0 Å². The quantitative estimate of drug-likeness (QED) is 0.0662. The second kappa shape index (κ2) is 24.4. The standard InChI is InChI=1S/C59H96O26/c1-24-34(63)39(68)43(72)49(78-24)85-47-45(83-50-44(73)40(69)37(66)30(81-50)23-77-51-46(41(70)36(65)28(20-60)79-51)84-48-42(71)35(64)27(62)22-76-48)38(67)29(21-61)80-52(47)82-33-12-13-56(6)31(55(33,4)5)11-14-58(8)32(56)10-9-25-26-19-54(2,3)15-17-59(26,53(74)75)18-16-57(25,58)7/h9,24,26-52,60-73H,10-23H2,1-8H3,(H,74,75). The van der Waals surface area contributed by atoms with Gasteiger partial charge in [-0.25, -0.2) is 0 Å². The van der Waals surface area contributed by atoms with Crippen molar-refractivity contribution in [3.63, 3.8) is 0 Å². The zero-order chi connectivity index (χ0) is 62.0. The summed E-state index contributed by atoms with van der Waals surface area (Å²) in [6.07, 6.45) is -32.5. The smallest absolute Gasteiger partial charge is 0.310 e. The van der Waals surface area contributed by atoms with Crippen molar-refractivity contribution in [2.45, 2.75) is 273 Å². The summed E-state index contributed by atoms with van der Waals surface area (Å²) in [7, 11) is 0. The number of allylic oxidation sites excluding steroid dienone is 2. The lowest BCUT2D eigenvalue weighted by Crippen LogP contribution is -2.68. The van der Waals surface area contributed by atoms with Crippen molar-refractivity contribution in [3.8, 4) is 0 Å². The van der Waals surface area contributed by atoms with E-state index in [0.29, 0.717) is 25.7 Å². The predicted octanol–water partition coefficient (Wildman–Crippen LogP) is -1.98. The SMILES string of the molecule is CC1OC(OC2C(OC3CCC4(C)C(CCC5(C)C4CC=C4C6CC(C)(C)CCC6(C(=O)O)CCC45C)C3(C)C)OC(CO)C(O)C2OC2OC(COC3OC(CO)C(O)C(O)C3OC3OCC(O)C(O)C3O)C(O)C(O)C2O)C(O)C(O)C1O. The highest BCUT2D eigenvalue weighted by atomic mass is 16.8. The van der Waals surface area contributed by atoms with Crippen molar-refractivity contribution in [1.82, 2.24) is 0 Å². The van der Waals surface area contributed by atoms with Gasteiger partial charge < -0.3 is 124 Å². The van der Waals surface area contributed by atoms with Gasteiger partial charge in [0.2, 0.25) is 0 Å². The van der Waals surface area contributed by atoms with Crippen LogP contribution in [-0.4, -0.2) is 263 Å². The first-order valence-electron chi connectivity index (χ1n) is 30.6. The van der Waals surface area contributed by atoms with E-state index in [2.05, 4.69) is 54.5 Å². The number of hydrogen-bond donors (Lipinski definition) is 15. The van der Waals surface area contributed by atoms with Gasteiger partial charge in [-0.3, -0.25) is 4.79 Å². The van der Waals surface area contributed by atoms with Crippen LogP contribution in [0.3, 0.4) is 0 Å². The molecule has 5 aliphatic carbocycles. The van der Waals surface area contributed by atoms with Crippen molar-refractivity contribution >= 4 is 5.97 Å². The molecule has 10 aliphatic rings. The first-order chi connectivity index (χ1) is 39.8. The summed E-state index contributed by atoms with van der Waals surface area (Å²) in [4.78, 5) is 13.3. The van der Waals surface area contributed by atoms with Crippen molar-refractivity contribution in [1.29, 1.82) is 0 Å². The van der Waals surface area contributed by atoms with E-state index in [-0.39, 0.29) is 39.4 Å². The Morgan fingerprint density at radius 2 is 1.13 bits per heavy atom. The molecule has 26 heteroatoms. The van der Waals surface area contributed by atoms with Crippen molar-refractivity contribution in [3.05, 3.63) is 11.6 Å². The molecule has 5 heterocycles. The monoisotopic (exact) mass is 1220 g/mol. The highest BCUT2D eigenvalue weighted by molar-refractivity contribution is 5.76. The highest BCUT2D eigenvalue weighted by Crippen LogP contribution is 2.76. The molecule has 0 radical (unpaired) electrons. The number of carboxylic acids is 1. The Morgan fingerprint density at radius 3 is 1.80 bits per heavy atom. The Balaban J connectivity index is 0.907. The molecular formula is C59H96O26. The fourth-order valence-corrected chi connectivity index (χ4v) is 17.6. The van der Waals surface area contributed by atoms with Gasteiger partial charge >= 0.3 is 5.97 Å². The number of ether oxygens (including phenoxy) is 10. The number of aliphatic carboxylic acids is 1. The molecule has 0 aromatic heterocycles. The van der Waals surface area contributed by atoms with Gasteiger partial charge in [-0.05, 0) is 116 Å². The molecule has 10 rings (SSSR count). The lowest BCUT2D eigenvalue weighted by molar-refractivity contribution is -0.400. The Morgan fingerprint density at radius 1 is 0.553 bits per heavy atom. The summed E-state index contributed by atoms with van der Waals surface area (Å²) in [5.74, 6) is -0.443. The molecule has 488 valence electrons. The zero-order valence-corrected chi connectivity index (χ0v) is 49.8. The zero-order valence-electron chi connectivity index (χ0n) is 49.8. The van der Waals surface area contributed by atoms with Crippen LogP contribution < -0.4 is 0 Å². The second-order valence-electron chi connectivity index (χ2n) is 28.7. The van der Waals surface area contributed by atoms with E-state index in [1.54, 1.807) is 0 Å². The first-order valence-corrected chi connectivity index (χ1v) is 30.6. The Bertz CT molecular complexity index is 2370. The lowest BCUT2D eigenvalue weighted by atomic mass is 9.33. The van der Waals surface area contributed by atoms with Gasteiger partial charge in [0.1, 0.15) is 110 Å². The molecule has 15 N–H and O–H groups in total. The topological polar surface area (TPSA) is 413 Å². The van der Waals surface area contributed by atoms with E-state index in [1.807, 2.05) is 0 Å². The van der Waals surface area contributed by atoms with Gasteiger partial charge in [-0.2, -0.15) is 0 Å². The molecule has 0 spiro atoms. The van der Waals surface area contributed by atoms with E-state index in [0.717, 1.165) is 38.5 Å². The summed E-state index contributed by atoms with van der Waals surface area (Å²) in [5.41, 5.74) is -0.664. The van der Waals surface area contributed by atoms with Crippen LogP contribution in [0.15, 0.2) is 11.6 Å². The number of hydrogen-bond acceptors (Lipinski definition) is 25. The summed E-state index contributed by atoms with van der Waals surface area (Å²) in [6, 6.07) is 0. The highest BCUT2D eigenvalue weighted by Gasteiger charge is 2.70. The maximum Gasteiger partial charge on any atom is 0.310 e. The van der Waals surface area contributed by atoms with Gasteiger partial charge in [-0.1, -0.05) is 60.1 Å². The molecule has 5 aliphatic heterocycles. The number of carboxylic acid groups (broad SMARTS) is 1. The third-order valence-electron chi connectivity index (χ3n) is 23.2. The van der Waals surface area contributed by atoms with Gasteiger partial charge in [0, 0.05) is 0 Å². The molecule has 0 aromatic carbocycles. The third kappa shape index (κ3) is 11.2. The van der Waals surface area contributed by atoms with Crippen molar-refractivity contribution < 1.29 is 129 Å². The molecule has 0 aromatic rings. The molecule has 32 unspecified atom stereocenters. The maximum atomic E-state index is 13.3. The molecule has 0 bridgehead atoms. The van der Waals surface area contributed by atoms with Crippen LogP contribution in [-0.2, 0) is 52.2 Å². The Kier molecular flexibility index (Phi) is 19.0. The van der Waals surface area contributed by atoms with E-state index in [4.69, 9.17) is 47.4 Å². The summed E-state index contributed by atoms with van der Waals surface area (Å²) in [5, 5.41) is 164. The summed E-state index contributed by atoms with van der Waals surface area (Å²) < 4.78 is 61.0. The minimum atomic E-state index is -2.09. The predicted molar refractivity (Wildman–Crippen MR) is 288 cm³/mol. The number of aliphatic hydroxyl groups is 14. The molecule has 32 atom stereocenters. The van der Waals surface area contributed by atoms with Crippen LogP contribution in [0, 0.1) is 50.2 Å². The van der Waals surface area contributed by atoms with Crippen LogP contribution in [0.4, 0.5) is 0 Å². The molecule has 0 amide bonds. The van der Waals surface area contributed by atoms with Gasteiger partial charge in [0.15, 0.2) is 31.5 Å².